The number of halogens is 1. The van der Waals surface area contributed by atoms with Gasteiger partial charge in [0.25, 0.3) is 0 Å². The van der Waals surface area contributed by atoms with Gasteiger partial charge in [-0.15, -0.1) is 0 Å². The molecule has 0 atom stereocenters. The molecule has 0 bridgehead atoms. The first kappa shape index (κ1) is 31.2. The van der Waals surface area contributed by atoms with Gasteiger partial charge in [0.1, 0.15) is 0 Å². The van der Waals surface area contributed by atoms with E-state index in [0.717, 1.165) is 71.9 Å². The van der Waals surface area contributed by atoms with Gasteiger partial charge in [-0.05, 0) is 53.9 Å². The Hall–Kier alpha value is -6.56. The first-order valence-corrected chi connectivity index (χ1v) is 18.5. The minimum atomic E-state index is 0.930. The predicted molar refractivity (Wildman–Crippen MR) is 223 cm³/mol. The SMILES string of the molecule is Brc1ccc2c(c1)c1ccn(-c3cc(-c4ccccc4)nc(-c4ccccc4)c3)c1c1ccn(-c3cc(-c4ccccc4)nc(-c4ccccc4)c3)c21. The number of nitrogens with zero attached hydrogens (tertiary/aromatic N) is 4. The van der Waals surface area contributed by atoms with Crippen molar-refractivity contribution in [3.8, 4) is 56.4 Å². The van der Waals surface area contributed by atoms with Crippen LogP contribution in [0.25, 0.3) is 89.0 Å². The molecule has 0 N–H and O–H groups in total. The highest BCUT2D eigenvalue weighted by atomic mass is 79.9. The lowest BCUT2D eigenvalue weighted by Gasteiger charge is -2.15. The van der Waals surface area contributed by atoms with Crippen LogP contribution in [-0.4, -0.2) is 19.1 Å². The average molecular weight is 744 g/mol. The molecule has 6 aromatic carbocycles. The quantitative estimate of drug-likeness (QED) is 0.170. The summed E-state index contributed by atoms with van der Waals surface area (Å²) in [6.45, 7) is 0. The maximum atomic E-state index is 5.17. The summed E-state index contributed by atoms with van der Waals surface area (Å²) in [6, 6.07) is 61.7. The average Bonchev–Trinajstić information content (AvgIpc) is 3.88. The molecule has 5 heteroatoms. The molecule has 0 aliphatic carbocycles. The zero-order valence-corrected chi connectivity index (χ0v) is 30.2. The Morgan fingerprint density at radius 3 is 1.09 bits per heavy atom. The van der Waals surface area contributed by atoms with Crippen molar-refractivity contribution in [2.75, 3.05) is 0 Å². The fourth-order valence-corrected chi connectivity index (χ4v) is 7.90. The summed E-state index contributed by atoms with van der Waals surface area (Å²) >= 11 is 3.80. The second kappa shape index (κ2) is 12.9. The minimum absolute atomic E-state index is 0.930. The van der Waals surface area contributed by atoms with E-state index in [1.165, 1.54) is 21.5 Å². The third-order valence-corrected chi connectivity index (χ3v) is 10.5. The lowest BCUT2D eigenvalue weighted by atomic mass is 10.0. The van der Waals surface area contributed by atoms with E-state index in [1.807, 2.05) is 24.3 Å². The Morgan fingerprint density at radius 2 is 0.698 bits per heavy atom. The Bertz CT molecular complexity index is 2820. The van der Waals surface area contributed by atoms with Crippen LogP contribution in [0.5, 0.6) is 0 Å². The summed E-state index contributed by atoms with van der Waals surface area (Å²) in [5.74, 6) is 0. The highest BCUT2D eigenvalue weighted by Crippen LogP contribution is 2.41. The number of benzene rings is 6. The van der Waals surface area contributed by atoms with Gasteiger partial charge in [-0.1, -0.05) is 143 Å². The van der Waals surface area contributed by atoms with Gasteiger partial charge in [0.2, 0.25) is 0 Å². The molecule has 0 fully saturated rings. The van der Waals surface area contributed by atoms with E-state index in [4.69, 9.17) is 9.97 Å². The Balaban J connectivity index is 1.26. The Kier molecular flexibility index (Phi) is 7.59. The molecule has 4 aromatic heterocycles. The van der Waals surface area contributed by atoms with Gasteiger partial charge >= 0.3 is 0 Å². The summed E-state index contributed by atoms with van der Waals surface area (Å²) in [7, 11) is 0. The number of aromatic nitrogens is 4. The van der Waals surface area contributed by atoms with Crippen LogP contribution in [0.1, 0.15) is 0 Å². The van der Waals surface area contributed by atoms with Gasteiger partial charge in [-0.25, -0.2) is 9.97 Å². The van der Waals surface area contributed by atoms with Gasteiger partial charge in [-0.3, -0.25) is 0 Å². The molecule has 0 amide bonds. The first-order chi connectivity index (χ1) is 26.2. The van der Waals surface area contributed by atoms with E-state index in [-0.39, 0.29) is 0 Å². The topological polar surface area (TPSA) is 35.6 Å². The summed E-state index contributed by atoms with van der Waals surface area (Å²) in [5, 5.41) is 4.72. The molecule has 10 rings (SSSR count). The predicted octanol–water partition coefficient (Wildman–Crippen LogP) is 12.9. The lowest BCUT2D eigenvalue weighted by molar-refractivity contribution is 1.11. The number of fused-ring (bicyclic) bond motifs is 6. The highest BCUT2D eigenvalue weighted by molar-refractivity contribution is 9.10. The van der Waals surface area contributed by atoms with Crippen LogP contribution in [0, 0.1) is 0 Å². The van der Waals surface area contributed by atoms with Crippen molar-refractivity contribution in [1.82, 2.24) is 19.1 Å². The third-order valence-electron chi connectivity index (χ3n) is 10.0. The maximum Gasteiger partial charge on any atom is 0.0730 e. The van der Waals surface area contributed by atoms with Crippen LogP contribution in [0.4, 0.5) is 0 Å². The molecular weight excluding hydrogens is 712 g/mol. The molecule has 4 heterocycles. The van der Waals surface area contributed by atoms with E-state index in [0.29, 0.717) is 0 Å². The molecule has 0 aliphatic heterocycles. The van der Waals surface area contributed by atoms with Crippen LogP contribution in [0.15, 0.2) is 193 Å². The van der Waals surface area contributed by atoms with E-state index >= 15 is 0 Å². The summed E-state index contributed by atoms with van der Waals surface area (Å²) in [4.78, 5) is 10.3. The molecule has 0 saturated carbocycles. The number of hydrogen-bond acceptors (Lipinski definition) is 2. The third kappa shape index (κ3) is 5.54. The summed E-state index contributed by atoms with van der Waals surface area (Å²) < 4.78 is 5.71. The van der Waals surface area contributed by atoms with Crippen molar-refractivity contribution in [3.63, 3.8) is 0 Å². The summed E-state index contributed by atoms with van der Waals surface area (Å²) in [5.41, 5.74) is 12.4. The van der Waals surface area contributed by atoms with Crippen LogP contribution >= 0.6 is 15.9 Å². The van der Waals surface area contributed by atoms with E-state index in [1.54, 1.807) is 0 Å². The van der Waals surface area contributed by atoms with Crippen molar-refractivity contribution in [2.45, 2.75) is 0 Å². The molecule has 4 nitrogen and oxygen atoms in total. The molecule has 0 radical (unpaired) electrons. The molecule has 0 spiro atoms. The Labute approximate surface area is 315 Å². The Morgan fingerprint density at radius 1 is 0.340 bits per heavy atom. The molecule has 53 heavy (non-hydrogen) atoms. The van der Waals surface area contributed by atoms with E-state index in [9.17, 15) is 0 Å². The highest BCUT2D eigenvalue weighted by Gasteiger charge is 2.20. The number of hydrogen-bond donors (Lipinski definition) is 0. The van der Waals surface area contributed by atoms with Gasteiger partial charge < -0.3 is 9.13 Å². The largest absolute Gasteiger partial charge is 0.316 e. The number of pyridine rings is 2. The second-order valence-corrected chi connectivity index (χ2v) is 14.2. The zero-order valence-electron chi connectivity index (χ0n) is 28.6. The van der Waals surface area contributed by atoms with Crippen molar-refractivity contribution in [2.24, 2.45) is 0 Å². The maximum absolute atomic E-state index is 5.17. The second-order valence-electron chi connectivity index (χ2n) is 13.2. The van der Waals surface area contributed by atoms with Gasteiger partial charge in [0.15, 0.2) is 0 Å². The van der Waals surface area contributed by atoms with Gasteiger partial charge in [0.05, 0.1) is 33.8 Å². The molecule has 10 aromatic rings. The van der Waals surface area contributed by atoms with E-state index < -0.39 is 0 Å². The molecular formula is C48H31BrN4. The van der Waals surface area contributed by atoms with Crippen LogP contribution in [0.2, 0.25) is 0 Å². The van der Waals surface area contributed by atoms with Gasteiger partial charge in [-0.2, -0.15) is 0 Å². The van der Waals surface area contributed by atoms with Crippen LogP contribution in [0.3, 0.4) is 0 Å². The minimum Gasteiger partial charge on any atom is -0.316 e. The molecule has 0 aliphatic rings. The van der Waals surface area contributed by atoms with Crippen LogP contribution < -0.4 is 0 Å². The van der Waals surface area contributed by atoms with E-state index in [2.05, 4.69) is 189 Å². The smallest absolute Gasteiger partial charge is 0.0730 e. The van der Waals surface area contributed by atoms with Crippen molar-refractivity contribution >= 4 is 48.5 Å². The van der Waals surface area contributed by atoms with Crippen molar-refractivity contribution < 1.29 is 0 Å². The standard InChI is InChI=1S/C48H31BrN4/c49-36-21-22-39-42(27-36)40-23-25-52(37-28-43(32-13-5-1-6-14-32)50-44(29-37)33-15-7-2-8-16-33)48(40)41-24-26-53(47(39)41)38-30-45(34-17-9-3-10-18-34)51-46(31-38)35-19-11-4-12-20-35/h1-31H. The number of rotatable bonds is 6. The normalized spacial score (nSPS) is 11.5. The van der Waals surface area contributed by atoms with Crippen LogP contribution in [-0.2, 0) is 0 Å². The monoisotopic (exact) mass is 742 g/mol. The zero-order chi connectivity index (χ0) is 35.3. The fraction of sp³-hybridized carbons (Fsp3) is 0. The molecule has 0 unspecified atom stereocenters. The molecule has 0 saturated heterocycles. The molecule has 250 valence electrons. The lowest BCUT2D eigenvalue weighted by Crippen LogP contribution is -1.99. The first-order valence-electron chi connectivity index (χ1n) is 17.7. The van der Waals surface area contributed by atoms with Gasteiger partial charge in [0, 0.05) is 66.7 Å². The summed E-state index contributed by atoms with van der Waals surface area (Å²) in [6.07, 6.45) is 4.41. The van der Waals surface area contributed by atoms with Crippen molar-refractivity contribution in [1.29, 1.82) is 0 Å². The van der Waals surface area contributed by atoms with Crippen molar-refractivity contribution in [3.05, 3.63) is 193 Å². The fourth-order valence-electron chi connectivity index (χ4n) is 7.54.